The molecular formula is C23H37BN2. The molecule has 2 aliphatic heterocycles. The minimum Gasteiger partial charge on any atom is -0.403 e. The molecule has 0 aliphatic carbocycles. The van der Waals surface area contributed by atoms with Crippen molar-refractivity contribution in [3.8, 4) is 0 Å². The molecule has 26 heavy (non-hydrogen) atoms. The second-order valence-electron chi connectivity index (χ2n) is 10.9. The molecule has 0 spiro atoms. The Morgan fingerprint density at radius 2 is 1.58 bits per heavy atom. The maximum atomic E-state index is 2.78. The number of hydrogen-bond acceptors (Lipinski definition) is 2. The highest BCUT2D eigenvalue weighted by Crippen LogP contribution is 2.48. The maximum Gasteiger partial charge on any atom is 0.375 e. The summed E-state index contributed by atoms with van der Waals surface area (Å²) in [5, 5.41) is 2.83. The summed E-state index contributed by atoms with van der Waals surface area (Å²) in [7, 11) is 2.30. The lowest BCUT2D eigenvalue weighted by Gasteiger charge is -2.48. The first-order chi connectivity index (χ1) is 11.8. The number of benzene rings is 1. The van der Waals surface area contributed by atoms with Crippen molar-refractivity contribution in [3.05, 3.63) is 34.7 Å². The first-order valence-electron chi connectivity index (χ1n) is 10.1. The van der Waals surface area contributed by atoms with Crippen LogP contribution in [0.2, 0.25) is 0 Å². The van der Waals surface area contributed by atoms with Crippen molar-refractivity contribution in [1.29, 1.82) is 0 Å². The molecule has 1 unspecified atom stereocenters. The molecule has 2 nitrogen and oxygen atoms in total. The Morgan fingerprint density at radius 3 is 2.04 bits per heavy atom. The Bertz CT molecular complexity index is 828. The van der Waals surface area contributed by atoms with Crippen molar-refractivity contribution in [2.45, 2.75) is 80.3 Å². The van der Waals surface area contributed by atoms with Gasteiger partial charge in [0, 0.05) is 22.7 Å². The molecule has 1 atom stereocenters. The molecule has 1 fully saturated rings. The highest BCUT2D eigenvalue weighted by Gasteiger charge is 2.54. The van der Waals surface area contributed by atoms with Gasteiger partial charge in [-0.1, -0.05) is 64.4 Å². The Labute approximate surface area is 161 Å². The predicted molar refractivity (Wildman–Crippen MR) is 115 cm³/mol. The standard InChI is InChI=1S/C23H37BN2/c1-16-18-13-11-12-14-19(18)20(21(3,4)5)25(10)24(16)26-17(2)22(6,7)15-23(26,8)9/h11-14,17H,15H2,1-10H3. The second-order valence-corrected chi connectivity index (χ2v) is 10.9. The minimum atomic E-state index is 0.104. The van der Waals surface area contributed by atoms with Gasteiger partial charge in [-0.2, -0.15) is 0 Å². The van der Waals surface area contributed by atoms with Crippen LogP contribution < -0.4 is 10.4 Å². The summed E-state index contributed by atoms with van der Waals surface area (Å²) in [6, 6.07) is 9.51. The molecule has 0 saturated carbocycles. The molecule has 1 aromatic rings. The van der Waals surface area contributed by atoms with Crippen LogP contribution >= 0.6 is 0 Å². The van der Waals surface area contributed by atoms with Crippen LogP contribution in [0.25, 0.3) is 11.2 Å². The normalized spacial score (nSPS) is 25.7. The molecule has 3 heteroatoms. The molecular weight excluding hydrogens is 315 g/mol. The first kappa shape index (κ1) is 19.5. The quantitative estimate of drug-likeness (QED) is 0.708. The van der Waals surface area contributed by atoms with Crippen LogP contribution in [0.15, 0.2) is 24.3 Å². The topological polar surface area (TPSA) is 6.48 Å². The summed E-state index contributed by atoms with van der Waals surface area (Å²) >= 11 is 0. The number of rotatable bonds is 1. The van der Waals surface area contributed by atoms with Gasteiger partial charge in [0.25, 0.3) is 0 Å². The SMILES string of the molecule is CC1=c2ccccc2=C(C(C)(C)C)N(C)B1N1C(C)C(C)(C)CC1(C)C. The fourth-order valence-electron chi connectivity index (χ4n) is 5.90. The zero-order chi connectivity index (χ0) is 19.7. The Morgan fingerprint density at radius 1 is 1.04 bits per heavy atom. The van der Waals surface area contributed by atoms with Gasteiger partial charge in [-0.25, -0.2) is 0 Å². The van der Waals surface area contributed by atoms with Gasteiger partial charge in [0.05, 0.1) is 0 Å². The summed E-state index contributed by atoms with van der Waals surface area (Å²) in [5.41, 5.74) is 3.54. The van der Waals surface area contributed by atoms with Crippen LogP contribution in [0.3, 0.4) is 0 Å². The minimum absolute atomic E-state index is 0.104. The van der Waals surface area contributed by atoms with Gasteiger partial charge in [-0.15, -0.1) is 0 Å². The molecule has 2 heterocycles. The molecule has 1 saturated heterocycles. The van der Waals surface area contributed by atoms with E-state index in [1.807, 2.05) is 0 Å². The zero-order valence-corrected chi connectivity index (χ0v) is 18.6. The van der Waals surface area contributed by atoms with Crippen molar-refractivity contribution in [1.82, 2.24) is 9.62 Å². The van der Waals surface area contributed by atoms with Gasteiger partial charge in [-0.05, 0) is 57.0 Å². The predicted octanol–water partition coefficient (Wildman–Crippen LogP) is 3.88. The van der Waals surface area contributed by atoms with E-state index in [-0.39, 0.29) is 11.0 Å². The van der Waals surface area contributed by atoms with E-state index in [9.17, 15) is 0 Å². The maximum absolute atomic E-state index is 2.78. The monoisotopic (exact) mass is 352 g/mol. The van der Waals surface area contributed by atoms with Crippen LogP contribution in [0.5, 0.6) is 0 Å². The third kappa shape index (κ3) is 2.83. The van der Waals surface area contributed by atoms with Gasteiger partial charge in [0.15, 0.2) is 0 Å². The van der Waals surface area contributed by atoms with E-state index in [2.05, 4.69) is 103 Å². The van der Waals surface area contributed by atoms with Gasteiger partial charge >= 0.3 is 6.98 Å². The van der Waals surface area contributed by atoms with Crippen LogP contribution in [0.4, 0.5) is 0 Å². The van der Waals surface area contributed by atoms with Crippen LogP contribution in [-0.4, -0.2) is 35.2 Å². The first-order valence-corrected chi connectivity index (χ1v) is 10.1. The van der Waals surface area contributed by atoms with Crippen molar-refractivity contribution < 1.29 is 0 Å². The third-order valence-electron chi connectivity index (χ3n) is 6.82. The third-order valence-corrected chi connectivity index (χ3v) is 6.82. The molecule has 142 valence electrons. The lowest BCUT2D eigenvalue weighted by molar-refractivity contribution is 0.222. The van der Waals surface area contributed by atoms with Gasteiger partial charge in [-0.3, -0.25) is 0 Å². The van der Waals surface area contributed by atoms with E-state index < -0.39 is 0 Å². The summed E-state index contributed by atoms with van der Waals surface area (Å²) in [4.78, 5) is 5.35. The number of hydrogen-bond donors (Lipinski definition) is 0. The van der Waals surface area contributed by atoms with E-state index in [4.69, 9.17) is 0 Å². The van der Waals surface area contributed by atoms with Crippen molar-refractivity contribution in [2.24, 2.45) is 10.8 Å². The number of nitrogens with zero attached hydrogens (tertiary/aromatic N) is 2. The van der Waals surface area contributed by atoms with E-state index >= 15 is 0 Å². The molecule has 0 bridgehead atoms. The van der Waals surface area contributed by atoms with Crippen LogP contribution in [-0.2, 0) is 0 Å². The van der Waals surface area contributed by atoms with Gasteiger partial charge < -0.3 is 9.62 Å². The Hall–Kier alpha value is -1.22. The van der Waals surface area contributed by atoms with E-state index in [1.165, 1.54) is 28.0 Å². The van der Waals surface area contributed by atoms with Crippen LogP contribution in [0, 0.1) is 10.8 Å². The van der Waals surface area contributed by atoms with Crippen molar-refractivity contribution in [2.75, 3.05) is 7.05 Å². The second kappa shape index (κ2) is 5.89. The summed E-state index contributed by atoms with van der Waals surface area (Å²) in [6.45, 7) is 21.8. The zero-order valence-electron chi connectivity index (χ0n) is 18.6. The fourth-order valence-corrected chi connectivity index (χ4v) is 5.90. The molecule has 1 aromatic carbocycles. The summed E-state index contributed by atoms with van der Waals surface area (Å²) < 4.78 is 0. The molecule has 2 aliphatic rings. The van der Waals surface area contributed by atoms with Gasteiger partial charge in [0.2, 0.25) is 0 Å². The Balaban J connectivity index is 2.29. The number of fused-ring (bicyclic) bond motifs is 1. The average Bonchev–Trinajstić information content (AvgIpc) is 2.63. The lowest BCUT2D eigenvalue weighted by Crippen LogP contribution is -2.64. The van der Waals surface area contributed by atoms with Crippen molar-refractivity contribution in [3.63, 3.8) is 0 Å². The lowest BCUT2D eigenvalue weighted by atomic mass is 9.58. The van der Waals surface area contributed by atoms with E-state index in [1.54, 1.807) is 0 Å². The summed E-state index contributed by atoms with van der Waals surface area (Å²) in [6.07, 6.45) is 1.23. The highest BCUT2D eigenvalue weighted by atomic mass is 15.3. The average molecular weight is 352 g/mol. The molecule has 0 N–H and O–H groups in total. The highest BCUT2D eigenvalue weighted by molar-refractivity contribution is 6.73. The van der Waals surface area contributed by atoms with E-state index in [0.717, 1.165) is 0 Å². The molecule has 0 amide bonds. The Kier molecular flexibility index (Phi) is 4.43. The molecule has 0 radical (unpaired) electrons. The largest absolute Gasteiger partial charge is 0.403 e. The fraction of sp³-hybridized carbons (Fsp3) is 0.652. The summed E-state index contributed by atoms with van der Waals surface area (Å²) in [5.74, 6) is 0. The van der Waals surface area contributed by atoms with Crippen molar-refractivity contribution >= 4 is 18.2 Å². The molecule has 3 rings (SSSR count). The van der Waals surface area contributed by atoms with E-state index in [0.29, 0.717) is 18.4 Å². The molecule has 0 aromatic heterocycles. The smallest absolute Gasteiger partial charge is 0.375 e. The van der Waals surface area contributed by atoms with Crippen LogP contribution in [0.1, 0.15) is 68.7 Å². The van der Waals surface area contributed by atoms with Gasteiger partial charge in [0.1, 0.15) is 0 Å².